The van der Waals surface area contributed by atoms with E-state index in [-0.39, 0.29) is 10.5 Å². The second-order valence-corrected chi connectivity index (χ2v) is 9.95. The van der Waals surface area contributed by atoms with E-state index in [0.29, 0.717) is 31.8 Å². The summed E-state index contributed by atoms with van der Waals surface area (Å²) in [5, 5.41) is 0. The van der Waals surface area contributed by atoms with Crippen LogP contribution in [0, 0.1) is 17.7 Å². The Balaban J connectivity index is 1.36. The van der Waals surface area contributed by atoms with Gasteiger partial charge in [0.2, 0.25) is 10.0 Å². The summed E-state index contributed by atoms with van der Waals surface area (Å²) in [6, 6.07) is 5.58. The van der Waals surface area contributed by atoms with Gasteiger partial charge in [-0.3, -0.25) is 0 Å². The molecule has 0 N–H and O–H groups in total. The molecular formula is C20H28FNO4S. The van der Waals surface area contributed by atoms with Gasteiger partial charge in [-0.1, -0.05) is 12.1 Å². The first-order chi connectivity index (χ1) is 13.0. The molecule has 3 fully saturated rings. The monoisotopic (exact) mass is 397 g/mol. The highest BCUT2D eigenvalue weighted by Crippen LogP contribution is 2.43. The molecule has 5 nitrogen and oxygen atoms in total. The highest BCUT2D eigenvalue weighted by Gasteiger charge is 2.47. The summed E-state index contributed by atoms with van der Waals surface area (Å²) in [6.45, 7) is 3.10. The minimum absolute atomic E-state index is 0.238. The lowest BCUT2D eigenvalue weighted by Gasteiger charge is -2.41. The minimum Gasteiger partial charge on any atom is -0.381 e. The fourth-order valence-corrected chi connectivity index (χ4v) is 5.91. The van der Waals surface area contributed by atoms with Gasteiger partial charge in [-0.15, -0.1) is 0 Å². The van der Waals surface area contributed by atoms with Crippen LogP contribution in [-0.4, -0.2) is 51.2 Å². The van der Waals surface area contributed by atoms with E-state index >= 15 is 0 Å². The number of ether oxygens (including phenoxy) is 2. The van der Waals surface area contributed by atoms with E-state index in [9.17, 15) is 12.8 Å². The van der Waals surface area contributed by atoms with E-state index in [1.807, 2.05) is 0 Å². The number of halogens is 1. The fourth-order valence-electron chi connectivity index (χ4n) is 4.40. The molecule has 1 atom stereocenters. The Morgan fingerprint density at radius 3 is 2.63 bits per heavy atom. The quantitative estimate of drug-likeness (QED) is 0.663. The van der Waals surface area contributed by atoms with Gasteiger partial charge in [-0.2, -0.15) is 4.31 Å². The second kappa shape index (κ2) is 7.78. The van der Waals surface area contributed by atoms with Crippen molar-refractivity contribution in [1.82, 2.24) is 4.31 Å². The minimum atomic E-state index is -3.80. The molecule has 1 spiro atoms. The van der Waals surface area contributed by atoms with E-state index in [4.69, 9.17) is 9.47 Å². The molecule has 1 aromatic rings. The molecule has 4 rings (SSSR count). The van der Waals surface area contributed by atoms with E-state index in [0.717, 1.165) is 38.6 Å². The first-order valence-electron chi connectivity index (χ1n) is 9.98. The molecule has 150 valence electrons. The third-order valence-corrected chi connectivity index (χ3v) is 8.22. The summed E-state index contributed by atoms with van der Waals surface area (Å²) < 4.78 is 52.9. The SMILES string of the molecule is O=S(=O)(c1ccccc1F)N1CCC2(CC1)OCCC2CCOCC1CC1. The summed E-state index contributed by atoms with van der Waals surface area (Å²) in [7, 11) is -3.80. The maximum absolute atomic E-state index is 14.0. The maximum Gasteiger partial charge on any atom is 0.245 e. The van der Waals surface area contributed by atoms with Crippen LogP contribution in [0.25, 0.3) is 0 Å². The molecule has 0 bridgehead atoms. The van der Waals surface area contributed by atoms with Crippen LogP contribution < -0.4 is 0 Å². The van der Waals surface area contributed by atoms with Crippen molar-refractivity contribution < 1.29 is 22.3 Å². The number of sulfonamides is 1. The Morgan fingerprint density at radius 2 is 1.93 bits per heavy atom. The largest absolute Gasteiger partial charge is 0.381 e. The Kier molecular flexibility index (Phi) is 5.56. The van der Waals surface area contributed by atoms with E-state index in [1.54, 1.807) is 6.07 Å². The van der Waals surface area contributed by atoms with Crippen molar-refractivity contribution in [3.05, 3.63) is 30.1 Å². The Labute approximate surface area is 160 Å². The van der Waals surface area contributed by atoms with Crippen LogP contribution >= 0.6 is 0 Å². The average molecular weight is 398 g/mol. The normalized spacial score (nSPS) is 25.9. The molecule has 1 aliphatic carbocycles. The van der Waals surface area contributed by atoms with Crippen LogP contribution in [0.4, 0.5) is 4.39 Å². The number of benzene rings is 1. The topological polar surface area (TPSA) is 55.8 Å². The smallest absolute Gasteiger partial charge is 0.245 e. The molecule has 1 unspecified atom stereocenters. The molecular weight excluding hydrogens is 369 g/mol. The van der Waals surface area contributed by atoms with Crippen LogP contribution in [0.3, 0.4) is 0 Å². The van der Waals surface area contributed by atoms with Crippen molar-refractivity contribution in [2.45, 2.75) is 49.0 Å². The van der Waals surface area contributed by atoms with Gasteiger partial charge in [0, 0.05) is 32.9 Å². The van der Waals surface area contributed by atoms with Crippen molar-refractivity contribution >= 4 is 10.0 Å². The van der Waals surface area contributed by atoms with E-state index in [1.165, 1.54) is 35.3 Å². The highest BCUT2D eigenvalue weighted by atomic mass is 32.2. The van der Waals surface area contributed by atoms with Gasteiger partial charge >= 0.3 is 0 Å². The zero-order valence-electron chi connectivity index (χ0n) is 15.6. The predicted octanol–water partition coefficient (Wildman–Crippen LogP) is 3.20. The Morgan fingerprint density at radius 1 is 1.19 bits per heavy atom. The molecule has 3 aliphatic rings. The number of hydrogen-bond acceptors (Lipinski definition) is 4. The average Bonchev–Trinajstić information content (AvgIpc) is 3.41. The van der Waals surface area contributed by atoms with Crippen molar-refractivity contribution in [2.75, 3.05) is 32.9 Å². The van der Waals surface area contributed by atoms with Crippen molar-refractivity contribution in [3.8, 4) is 0 Å². The molecule has 2 saturated heterocycles. The van der Waals surface area contributed by atoms with Crippen molar-refractivity contribution in [3.63, 3.8) is 0 Å². The lowest BCUT2D eigenvalue weighted by atomic mass is 9.78. The van der Waals surface area contributed by atoms with Gasteiger partial charge in [-0.05, 0) is 62.5 Å². The zero-order valence-corrected chi connectivity index (χ0v) is 16.4. The maximum atomic E-state index is 14.0. The summed E-state index contributed by atoms with van der Waals surface area (Å²) >= 11 is 0. The number of nitrogens with zero attached hydrogens (tertiary/aromatic N) is 1. The lowest BCUT2D eigenvalue weighted by molar-refractivity contribution is -0.0616. The van der Waals surface area contributed by atoms with Gasteiger partial charge in [0.1, 0.15) is 10.7 Å². The Bertz CT molecular complexity index is 757. The summed E-state index contributed by atoms with van der Waals surface area (Å²) in [5.41, 5.74) is -0.246. The fraction of sp³-hybridized carbons (Fsp3) is 0.700. The standard InChI is InChI=1S/C20H28FNO4S/c21-18-3-1-2-4-19(18)27(23,24)22-11-9-20(10-12-22)17(8-14-26-20)7-13-25-15-16-5-6-16/h1-4,16-17H,5-15H2. The predicted molar refractivity (Wildman–Crippen MR) is 99.3 cm³/mol. The van der Waals surface area contributed by atoms with Crippen LogP contribution in [0.2, 0.25) is 0 Å². The summed E-state index contributed by atoms with van der Waals surface area (Å²) in [4.78, 5) is -0.238. The third kappa shape index (κ3) is 4.06. The molecule has 1 aromatic carbocycles. The van der Waals surface area contributed by atoms with Crippen molar-refractivity contribution in [2.24, 2.45) is 11.8 Å². The second-order valence-electron chi connectivity index (χ2n) is 8.04. The van der Waals surface area contributed by atoms with Crippen LogP contribution in [0.1, 0.15) is 38.5 Å². The third-order valence-electron chi connectivity index (χ3n) is 6.28. The van der Waals surface area contributed by atoms with E-state index in [2.05, 4.69) is 0 Å². The zero-order chi connectivity index (χ0) is 18.9. The van der Waals surface area contributed by atoms with Gasteiger partial charge in [0.15, 0.2) is 0 Å². The molecule has 0 aromatic heterocycles. The molecule has 2 aliphatic heterocycles. The molecule has 0 amide bonds. The van der Waals surface area contributed by atoms with Gasteiger partial charge in [0.25, 0.3) is 0 Å². The Hall–Kier alpha value is -1.02. The number of rotatable bonds is 7. The van der Waals surface area contributed by atoms with Crippen molar-refractivity contribution in [1.29, 1.82) is 0 Å². The van der Waals surface area contributed by atoms with Gasteiger partial charge < -0.3 is 9.47 Å². The van der Waals surface area contributed by atoms with Gasteiger partial charge in [-0.25, -0.2) is 12.8 Å². The number of piperidine rings is 1. The van der Waals surface area contributed by atoms with E-state index < -0.39 is 15.8 Å². The van der Waals surface area contributed by atoms with Crippen LogP contribution in [0.15, 0.2) is 29.2 Å². The molecule has 1 saturated carbocycles. The van der Waals surface area contributed by atoms with Gasteiger partial charge in [0.05, 0.1) is 5.60 Å². The molecule has 0 radical (unpaired) electrons. The summed E-state index contributed by atoms with van der Waals surface area (Å²) in [5.74, 6) is 0.487. The highest BCUT2D eigenvalue weighted by molar-refractivity contribution is 7.89. The lowest BCUT2D eigenvalue weighted by Crippen LogP contribution is -2.49. The van der Waals surface area contributed by atoms with Crippen LogP contribution in [-0.2, 0) is 19.5 Å². The molecule has 27 heavy (non-hydrogen) atoms. The van der Waals surface area contributed by atoms with Crippen LogP contribution in [0.5, 0.6) is 0 Å². The first kappa shape index (κ1) is 19.3. The summed E-state index contributed by atoms with van der Waals surface area (Å²) in [6.07, 6.45) is 5.88. The first-order valence-corrected chi connectivity index (χ1v) is 11.4. The molecule has 2 heterocycles. The molecule has 7 heteroatoms. The number of hydrogen-bond donors (Lipinski definition) is 0.